The zero-order valence-corrected chi connectivity index (χ0v) is 16.8. The van der Waals surface area contributed by atoms with E-state index in [9.17, 15) is 14.9 Å². The first-order valence-electron chi connectivity index (χ1n) is 10.5. The number of hydrogen-bond donors (Lipinski definition) is 0. The Morgan fingerprint density at radius 2 is 1.89 bits per heavy atom. The minimum Gasteiger partial charge on any atom is -0.274 e. The zero-order valence-electron chi connectivity index (χ0n) is 16.0. The van der Waals surface area contributed by atoms with Gasteiger partial charge >= 0.3 is 0 Å². The summed E-state index contributed by atoms with van der Waals surface area (Å²) in [6.07, 6.45) is 7.52. The van der Waals surface area contributed by atoms with Gasteiger partial charge in [-0.05, 0) is 90.7 Å². The Kier molecular flexibility index (Phi) is 2.54. The van der Waals surface area contributed by atoms with Crippen LogP contribution in [0.3, 0.4) is 0 Å². The second kappa shape index (κ2) is 4.46. The molecule has 28 heavy (non-hydrogen) atoms. The summed E-state index contributed by atoms with van der Waals surface area (Å²) in [6, 6.07) is 4.22. The van der Waals surface area contributed by atoms with Crippen LogP contribution >= 0.6 is 11.3 Å². The molecule has 0 N–H and O–H groups in total. The van der Waals surface area contributed by atoms with Gasteiger partial charge in [-0.15, -0.1) is 11.3 Å². The molecule has 1 atom stereocenters. The molecule has 5 heteroatoms. The van der Waals surface area contributed by atoms with Gasteiger partial charge in [0, 0.05) is 15.9 Å². The van der Waals surface area contributed by atoms with Gasteiger partial charge in [0.05, 0.1) is 12.0 Å². The van der Waals surface area contributed by atoms with Crippen molar-refractivity contribution < 1.29 is 9.59 Å². The highest BCUT2D eigenvalue weighted by Crippen LogP contribution is 2.89. The van der Waals surface area contributed by atoms with Crippen LogP contribution in [0.2, 0.25) is 0 Å². The number of amides is 2. The van der Waals surface area contributed by atoms with E-state index < -0.39 is 0 Å². The molecule has 9 aliphatic rings. The largest absolute Gasteiger partial charge is 0.274 e. The Morgan fingerprint density at radius 3 is 2.54 bits per heavy atom. The number of likely N-dealkylation sites (tertiary alicyclic amines) is 1. The van der Waals surface area contributed by atoms with E-state index in [1.165, 1.54) is 53.9 Å². The van der Waals surface area contributed by atoms with Crippen molar-refractivity contribution in [3.05, 3.63) is 27.5 Å². The number of hydrogen-bond acceptors (Lipinski definition) is 4. The molecule has 3 spiro atoms. The predicted molar refractivity (Wildman–Crippen MR) is 104 cm³/mol. The summed E-state index contributed by atoms with van der Waals surface area (Å²) in [5.41, 5.74) is 3.09. The van der Waals surface area contributed by atoms with Crippen molar-refractivity contribution in [2.45, 2.75) is 50.9 Å². The van der Waals surface area contributed by atoms with Crippen molar-refractivity contribution in [1.29, 1.82) is 5.26 Å². The first-order valence-corrected chi connectivity index (χ1v) is 11.4. The molecule has 1 unspecified atom stereocenters. The highest BCUT2D eigenvalue weighted by Gasteiger charge is 2.85. The van der Waals surface area contributed by atoms with E-state index >= 15 is 0 Å². The van der Waals surface area contributed by atoms with Crippen LogP contribution in [-0.2, 0) is 15.0 Å². The molecule has 0 aromatic carbocycles. The fourth-order valence-electron chi connectivity index (χ4n) is 9.57. The maximum absolute atomic E-state index is 13.7. The van der Waals surface area contributed by atoms with Gasteiger partial charge in [0.2, 0.25) is 5.91 Å². The van der Waals surface area contributed by atoms with Crippen LogP contribution in [0.25, 0.3) is 5.57 Å². The third kappa shape index (κ3) is 1.31. The number of nitrogens with zero attached hydrogens (tertiary/aromatic N) is 2. The predicted octanol–water partition coefficient (Wildman–Crippen LogP) is 3.88. The molecule has 4 bridgehead atoms. The molecule has 1 aromatic rings. The summed E-state index contributed by atoms with van der Waals surface area (Å²) in [5.74, 6) is 0.978. The molecule has 8 aliphatic carbocycles. The van der Waals surface area contributed by atoms with Crippen molar-refractivity contribution in [2.75, 3.05) is 6.54 Å². The van der Waals surface area contributed by atoms with Crippen molar-refractivity contribution in [3.63, 3.8) is 0 Å². The summed E-state index contributed by atoms with van der Waals surface area (Å²) >= 11 is 1.82. The number of rotatable bonds is 1. The molecule has 8 fully saturated rings. The third-order valence-electron chi connectivity index (χ3n) is 9.50. The summed E-state index contributed by atoms with van der Waals surface area (Å²) in [5, 5.41) is 11.4. The molecule has 2 amide bonds. The average molecular weight is 391 g/mol. The fraction of sp³-hybridized carbons (Fsp3) is 0.609. The summed E-state index contributed by atoms with van der Waals surface area (Å²) in [6.45, 7) is 1.89. The van der Waals surface area contributed by atoms with Gasteiger partial charge in [-0.2, -0.15) is 5.26 Å². The highest BCUT2D eigenvalue weighted by molar-refractivity contribution is 7.10. The average Bonchev–Trinajstić information content (AvgIpc) is 3.21. The molecular weight excluding hydrogens is 368 g/mol. The minimum atomic E-state index is -0.353. The molecule has 142 valence electrons. The van der Waals surface area contributed by atoms with Gasteiger partial charge in [-0.3, -0.25) is 14.5 Å². The monoisotopic (exact) mass is 390 g/mol. The number of thiophene rings is 1. The molecule has 10 rings (SSSR count). The molecule has 0 radical (unpaired) electrons. The molecule has 1 saturated heterocycles. The molecule has 2 heterocycles. The van der Waals surface area contributed by atoms with Crippen LogP contribution in [0.15, 0.2) is 17.0 Å². The van der Waals surface area contributed by atoms with Gasteiger partial charge in [0.1, 0.15) is 6.54 Å². The van der Waals surface area contributed by atoms with E-state index in [4.69, 9.17) is 0 Å². The number of carbonyl (C=O) groups is 2. The Morgan fingerprint density at radius 1 is 1.21 bits per heavy atom. The van der Waals surface area contributed by atoms with Crippen molar-refractivity contribution >= 4 is 28.7 Å². The molecule has 4 nitrogen and oxygen atoms in total. The smallest absolute Gasteiger partial charge is 0.258 e. The van der Waals surface area contributed by atoms with Crippen LogP contribution in [0.1, 0.15) is 55.9 Å². The standard InChI is InChI=1S/C23H22N2O2S/c1-12-15-2-5-28-18(15)23(17-16(12)19(26)25(4-3-24)20(17)27)21-7-13-6-14(9-21)10-22(23,8-13)11-21/h2,5,13-14,17H,4,6-11H2,1H3. The second-order valence-electron chi connectivity index (χ2n) is 10.4. The Bertz CT molecular complexity index is 1030. The SMILES string of the molecule is CC1=C2C(=O)N(CC#N)C(=O)C2C2(c3sccc31)C13CC4CC(C1)CC2(C4)C3. The van der Waals surface area contributed by atoms with Gasteiger partial charge < -0.3 is 0 Å². The number of allylic oxidation sites excluding steroid dienone is 1. The summed E-state index contributed by atoms with van der Waals surface area (Å²) in [4.78, 5) is 29.7. The van der Waals surface area contributed by atoms with E-state index in [0.717, 1.165) is 23.0 Å². The van der Waals surface area contributed by atoms with E-state index in [1.807, 2.05) is 24.3 Å². The number of imide groups is 1. The molecule has 7 saturated carbocycles. The fourth-order valence-corrected chi connectivity index (χ4v) is 11.0. The van der Waals surface area contributed by atoms with Crippen LogP contribution in [0.5, 0.6) is 0 Å². The van der Waals surface area contributed by atoms with Crippen LogP contribution in [-0.4, -0.2) is 23.3 Å². The lowest BCUT2D eigenvalue weighted by Crippen LogP contribution is -2.81. The topological polar surface area (TPSA) is 61.2 Å². The van der Waals surface area contributed by atoms with Gasteiger partial charge in [-0.25, -0.2) is 0 Å². The third-order valence-corrected chi connectivity index (χ3v) is 10.6. The molecule has 1 aliphatic heterocycles. The minimum absolute atomic E-state index is 0.0918. The molecule has 1 aromatic heterocycles. The van der Waals surface area contributed by atoms with Crippen LogP contribution in [0.4, 0.5) is 0 Å². The first-order chi connectivity index (χ1) is 13.5. The Balaban J connectivity index is 1.55. The second-order valence-corrected chi connectivity index (χ2v) is 11.3. The van der Waals surface area contributed by atoms with Crippen LogP contribution < -0.4 is 0 Å². The lowest BCUT2D eigenvalue weighted by Gasteiger charge is -2.84. The van der Waals surface area contributed by atoms with E-state index in [-0.39, 0.29) is 40.5 Å². The van der Waals surface area contributed by atoms with E-state index in [2.05, 4.69) is 11.4 Å². The normalized spacial score (nSPS) is 46.7. The van der Waals surface area contributed by atoms with Crippen LogP contribution in [0, 0.1) is 39.9 Å². The number of fused-ring (bicyclic) bond motifs is 2. The lowest BCUT2D eigenvalue weighted by molar-refractivity contribution is -0.308. The van der Waals surface area contributed by atoms with E-state index in [1.54, 1.807) is 0 Å². The summed E-state index contributed by atoms with van der Waals surface area (Å²) in [7, 11) is 0. The highest BCUT2D eigenvalue weighted by atomic mass is 32.1. The maximum atomic E-state index is 13.7. The number of carbonyl (C=O) groups excluding carboxylic acids is 2. The first kappa shape index (κ1) is 15.9. The molecular formula is C23H22N2O2S. The van der Waals surface area contributed by atoms with Gasteiger partial charge in [0.15, 0.2) is 0 Å². The summed E-state index contributed by atoms with van der Waals surface area (Å²) < 4.78 is 0. The Labute approximate surface area is 168 Å². The lowest BCUT2D eigenvalue weighted by atomic mass is 9.19. The zero-order chi connectivity index (χ0) is 19.1. The maximum Gasteiger partial charge on any atom is 0.258 e. The van der Waals surface area contributed by atoms with Crippen molar-refractivity contribution in [2.24, 2.45) is 28.6 Å². The van der Waals surface area contributed by atoms with Crippen molar-refractivity contribution in [3.8, 4) is 6.07 Å². The Hall–Kier alpha value is -1.93. The van der Waals surface area contributed by atoms with Crippen molar-refractivity contribution in [1.82, 2.24) is 4.90 Å². The quantitative estimate of drug-likeness (QED) is 0.540. The van der Waals surface area contributed by atoms with Gasteiger partial charge in [-0.1, -0.05) is 0 Å². The van der Waals surface area contributed by atoms with Gasteiger partial charge in [0.25, 0.3) is 5.91 Å². The number of nitriles is 1. The van der Waals surface area contributed by atoms with E-state index in [0.29, 0.717) is 0 Å².